The Labute approximate surface area is 60.8 Å². The maximum Gasteiger partial charge on any atom is 0.166 e. The molecule has 1 rings (SSSR count). The van der Waals surface area contributed by atoms with Crippen molar-refractivity contribution in [1.29, 1.82) is 0 Å². The first-order valence-corrected chi connectivity index (χ1v) is 2.55. The zero-order valence-electron chi connectivity index (χ0n) is 5.20. The molecule has 0 amide bonds. The fourth-order valence-electron chi connectivity index (χ4n) is 0.517. The van der Waals surface area contributed by atoms with Gasteiger partial charge in [-0.25, -0.2) is 0 Å². The van der Waals surface area contributed by atoms with Crippen molar-refractivity contribution in [1.82, 2.24) is 0 Å². The number of nitrogens with two attached hydrogens (primary N) is 1. The van der Waals surface area contributed by atoms with Gasteiger partial charge in [0.25, 0.3) is 0 Å². The Morgan fingerprint density at radius 2 is 2.33 bits per heavy atom. The van der Waals surface area contributed by atoms with Crippen LogP contribution in [0.1, 0.15) is 6.92 Å². The Morgan fingerprint density at radius 1 is 1.67 bits per heavy atom. The van der Waals surface area contributed by atoms with Gasteiger partial charge in [0.15, 0.2) is 6.23 Å². The van der Waals surface area contributed by atoms with Crippen LogP contribution in [-0.2, 0) is 4.74 Å². The van der Waals surface area contributed by atoms with Crippen molar-refractivity contribution in [2.45, 2.75) is 13.2 Å². The zero-order valence-corrected chi connectivity index (χ0v) is 6.02. The number of halogens is 1. The van der Waals surface area contributed by atoms with Crippen molar-refractivity contribution in [3.05, 3.63) is 24.0 Å². The van der Waals surface area contributed by atoms with Gasteiger partial charge in [0.1, 0.15) is 0 Å². The maximum atomic E-state index is 5.34. The molecule has 0 bridgehead atoms. The van der Waals surface area contributed by atoms with Gasteiger partial charge in [-0.05, 0) is 18.6 Å². The minimum Gasteiger partial charge on any atom is -0.479 e. The second kappa shape index (κ2) is 3.54. The van der Waals surface area contributed by atoms with Gasteiger partial charge in [0, 0.05) is 0 Å². The van der Waals surface area contributed by atoms with Crippen LogP contribution in [0.5, 0.6) is 0 Å². The van der Waals surface area contributed by atoms with E-state index in [9.17, 15) is 0 Å². The molecule has 0 spiro atoms. The Bertz CT molecular complexity index is 142. The van der Waals surface area contributed by atoms with Gasteiger partial charge in [-0.15, -0.1) is 12.4 Å². The third-order valence-corrected chi connectivity index (χ3v) is 0.960. The summed E-state index contributed by atoms with van der Waals surface area (Å²) in [6, 6.07) is 0. The first kappa shape index (κ1) is 8.53. The molecule has 1 atom stereocenters. The topological polar surface area (TPSA) is 35.2 Å². The van der Waals surface area contributed by atoms with Crippen LogP contribution in [0.3, 0.4) is 0 Å². The van der Waals surface area contributed by atoms with Crippen LogP contribution in [0.2, 0.25) is 0 Å². The summed E-state index contributed by atoms with van der Waals surface area (Å²) >= 11 is 0. The van der Waals surface area contributed by atoms with Crippen LogP contribution >= 0.6 is 12.4 Å². The zero-order chi connectivity index (χ0) is 5.98. The van der Waals surface area contributed by atoms with E-state index in [4.69, 9.17) is 10.5 Å². The van der Waals surface area contributed by atoms with E-state index >= 15 is 0 Å². The normalized spacial score (nSPS) is 23.8. The Hall–Kier alpha value is -0.470. The highest BCUT2D eigenvalue weighted by atomic mass is 35.5. The van der Waals surface area contributed by atoms with Crippen LogP contribution < -0.4 is 5.73 Å². The largest absolute Gasteiger partial charge is 0.479 e. The summed E-state index contributed by atoms with van der Waals surface area (Å²) in [6.45, 7) is 1.96. The molecule has 1 unspecified atom stereocenters. The number of rotatable bonds is 0. The summed E-state index contributed by atoms with van der Waals surface area (Å²) < 4.78 is 4.92. The molecule has 1 aliphatic rings. The summed E-state index contributed by atoms with van der Waals surface area (Å²) in [4.78, 5) is 0. The highest BCUT2D eigenvalue weighted by Crippen LogP contribution is 2.03. The van der Waals surface area contributed by atoms with E-state index < -0.39 is 0 Å². The van der Waals surface area contributed by atoms with Gasteiger partial charge in [0.05, 0.1) is 6.26 Å². The summed E-state index contributed by atoms with van der Waals surface area (Å²) in [7, 11) is 0. The third-order valence-electron chi connectivity index (χ3n) is 0.960. The van der Waals surface area contributed by atoms with Crippen molar-refractivity contribution >= 4 is 12.4 Å². The van der Waals surface area contributed by atoms with Gasteiger partial charge in [-0.2, -0.15) is 0 Å². The van der Waals surface area contributed by atoms with Crippen LogP contribution in [0.15, 0.2) is 24.0 Å². The third kappa shape index (κ3) is 2.54. The molecule has 0 saturated carbocycles. The molecule has 2 nitrogen and oxygen atoms in total. The van der Waals surface area contributed by atoms with Gasteiger partial charge in [-0.1, -0.05) is 6.08 Å². The molecule has 1 heterocycles. The Morgan fingerprint density at radius 3 is 2.67 bits per heavy atom. The second-order valence-electron chi connectivity index (χ2n) is 1.82. The maximum absolute atomic E-state index is 5.34. The summed E-state index contributed by atoms with van der Waals surface area (Å²) in [5, 5.41) is 0. The van der Waals surface area contributed by atoms with Gasteiger partial charge >= 0.3 is 0 Å². The van der Waals surface area contributed by atoms with Crippen molar-refractivity contribution in [2.75, 3.05) is 0 Å². The van der Waals surface area contributed by atoms with Gasteiger partial charge in [-0.3, -0.25) is 5.73 Å². The molecular formula is C6H10ClNO. The summed E-state index contributed by atoms with van der Waals surface area (Å²) in [6.07, 6.45) is 5.17. The van der Waals surface area contributed by atoms with Crippen molar-refractivity contribution in [3.63, 3.8) is 0 Å². The Kier molecular flexibility index (Phi) is 3.35. The van der Waals surface area contributed by atoms with Crippen molar-refractivity contribution < 1.29 is 4.74 Å². The monoisotopic (exact) mass is 147 g/mol. The molecule has 9 heavy (non-hydrogen) atoms. The number of hydrogen-bond donors (Lipinski definition) is 1. The fourth-order valence-corrected chi connectivity index (χ4v) is 0.517. The van der Waals surface area contributed by atoms with E-state index in [1.54, 1.807) is 6.26 Å². The first-order chi connectivity index (χ1) is 3.79. The van der Waals surface area contributed by atoms with Gasteiger partial charge in [0.2, 0.25) is 0 Å². The van der Waals surface area contributed by atoms with E-state index in [0.29, 0.717) is 0 Å². The lowest BCUT2D eigenvalue weighted by molar-refractivity contribution is 0.187. The molecule has 0 aromatic heterocycles. The number of allylic oxidation sites excluding steroid dienone is 2. The van der Waals surface area contributed by atoms with E-state index in [1.165, 1.54) is 0 Å². The molecule has 0 fully saturated rings. The molecule has 3 heteroatoms. The quantitative estimate of drug-likeness (QED) is 0.559. The molecule has 0 aliphatic carbocycles. The van der Waals surface area contributed by atoms with Crippen LogP contribution in [-0.4, -0.2) is 6.23 Å². The molecule has 0 aromatic carbocycles. The van der Waals surface area contributed by atoms with Crippen molar-refractivity contribution in [2.24, 2.45) is 5.73 Å². The van der Waals surface area contributed by atoms with Crippen molar-refractivity contribution in [3.8, 4) is 0 Å². The lowest BCUT2D eigenvalue weighted by Gasteiger charge is -2.10. The SMILES string of the molecule is CC1=COC(N)C=C1.Cl. The predicted molar refractivity (Wildman–Crippen MR) is 39.2 cm³/mol. The lowest BCUT2D eigenvalue weighted by Crippen LogP contribution is -2.19. The summed E-state index contributed by atoms with van der Waals surface area (Å²) in [5.74, 6) is 0. The van der Waals surface area contributed by atoms with Gasteiger partial charge < -0.3 is 4.74 Å². The van der Waals surface area contributed by atoms with E-state index in [0.717, 1.165) is 5.57 Å². The molecule has 2 N–H and O–H groups in total. The predicted octanol–water partition coefficient (Wildman–Crippen LogP) is 1.18. The lowest BCUT2D eigenvalue weighted by atomic mass is 10.3. The van der Waals surface area contributed by atoms with E-state index in [1.807, 2.05) is 19.1 Å². The minimum atomic E-state index is -0.237. The average molecular weight is 148 g/mol. The van der Waals surface area contributed by atoms with Crippen LogP contribution in [0.4, 0.5) is 0 Å². The highest BCUT2D eigenvalue weighted by molar-refractivity contribution is 5.85. The number of ether oxygens (including phenoxy) is 1. The van der Waals surface area contributed by atoms with Crippen LogP contribution in [0.25, 0.3) is 0 Å². The second-order valence-corrected chi connectivity index (χ2v) is 1.82. The minimum absolute atomic E-state index is 0. The van der Waals surface area contributed by atoms with Crippen LogP contribution in [0, 0.1) is 0 Å². The number of hydrogen-bond acceptors (Lipinski definition) is 2. The molecular weight excluding hydrogens is 138 g/mol. The molecule has 0 saturated heterocycles. The highest BCUT2D eigenvalue weighted by Gasteiger charge is 1.97. The van der Waals surface area contributed by atoms with E-state index in [2.05, 4.69) is 0 Å². The first-order valence-electron chi connectivity index (χ1n) is 2.55. The van der Waals surface area contributed by atoms with E-state index in [-0.39, 0.29) is 18.6 Å². The molecule has 0 radical (unpaired) electrons. The Balaban J connectivity index is 0.000000640. The molecule has 1 aliphatic heterocycles. The molecule has 52 valence electrons. The standard InChI is InChI=1S/C6H9NO.ClH/c1-5-2-3-6(7)8-4-5;/h2-4,6H,7H2,1H3;1H. The molecule has 0 aromatic rings. The average Bonchev–Trinajstić information content (AvgIpc) is 1.77. The smallest absolute Gasteiger partial charge is 0.166 e. The fraction of sp³-hybridized carbons (Fsp3) is 0.333. The summed E-state index contributed by atoms with van der Waals surface area (Å²) in [5.41, 5.74) is 6.45.